The number of hydrogen-bond acceptors (Lipinski definition) is 8. The molecule has 3 aromatic rings. The van der Waals surface area contributed by atoms with Crippen molar-refractivity contribution in [2.45, 2.75) is 50.2 Å². The van der Waals surface area contributed by atoms with E-state index in [0.717, 1.165) is 40.8 Å². The van der Waals surface area contributed by atoms with E-state index in [2.05, 4.69) is 68.3 Å². The molecule has 7 rings (SSSR count). The molecule has 10 nitrogen and oxygen atoms in total. The average molecular weight is 610 g/mol. The molecule has 0 radical (unpaired) electrons. The summed E-state index contributed by atoms with van der Waals surface area (Å²) in [4.78, 5) is 29.9. The van der Waals surface area contributed by atoms with E-state index in [0.29, 0.717) is 23.9 Å². The van der Waals surface area contributed by atoms with Crippen LogP contribution in [0.2, 0.25) is 0 Å². The highest BCUT2D eigenvalue weighted by Gasteiger charge is 2.42. The molecule has 2 aromatic carbocycles. The third-order valence-corrected chi connectivity index (χ3v) is 9.57. The third-order valence-electron chi connectivity index (χ3n) is 8.18. The number of carbonyl (C=O) groups is 1. The second-order valence-corrected chi connectivity index (χ2v) is 12.4. The van der Waals surface area contributed by atoms with Gasteiger partial charge in [0.15, 0.2) is 11.5 Å². The summed E-state index contributed by atoms with van der Waals surface area (Å²) < 4.78 is 41.7. The van der Waals surface area contributed by atoms with Crippen LogP contribution in [-0.2, 0) is 21.3 Å². The monoisotopic (exact) mass is 609 g/mol. The number of unbranched alkanes of at least 4 members (excludes halogenated alkanes) is 1. The zero-order chi connectivity index (χ0) is 30.8. The predicted molar refractivity (Wildman–Crippen MR) is 173 cm³/mol. The highest BCUT2D eigenvalue weighted by Crippen LogP contribution is 2.41. The first-order valence-corrected chi connectivity index (χ1v) is 16.0. The van der Waals surface area contributed by atoms with E-state index in [1.807, 2.05) is 25.1 Å². The van der Waals surface area contributed by atoms with E-state index < -0.39 is 27.2 Å². The number of nitrogens with zero attached hydrogens (tertiary/aromatic N) is 5. The summed E-state index contributed by atoms with van der Waals surface area (Å²) in [6.07, 6.45) is 15.2. The number of benzene rings is 2. The molecule has 0 fully saturated rings. The summed E-state index contributed by atoms with van der Waals surface area (Å²) in [5.74, 6) is -0.504. The Kier molecular flexibility index (Phi) is 8.15. The summed E-state index contributed by atoms with van der Waals surface area (Å²) >= 11 is 0. The van der Waals surface area contributed by atoms with E-state index in [4.69, 9.17) is 4.74 Å². The number of amides is 1. The maximum Gasteiger partial charge on any atom is 0.301 e. The largest absolute Gasteiger partial charge is 0.492 e. The van der Waals surface area contributed by atoms with Crippen molar-refractivity contribution >= 4 is 63.2 Å². The van der Waals surface area contributed by atoms with Gasteiger partial charge in [0.1, 0.15) is 23.7 Å². The fourth-order valence-corrected chi connectivity index (χ4v) is 7.32. The zero-order valence-electron chi connectivity index (χ0n) is 24.3. The Morgan fingerprint density at radius 2 is 1.82 bits per heavy atom. The molecule has 3 unspecified atom stereocenters. The molecule has 44 heavy (non-hydrogen) atoms. The van der Waals surface area contributed by atoms with Crippen molar-refractivity contribution in [3.63, 3.8) is 0 Å². The van der Waals surface area contributed by atoms with Crippen LogP contribution in [0.15, 0.2) is 74.7 Å². The van der Waals surface area contributed by atoms with Crippen LogP contribution in [0.5, 0.6) is 5.75 Å². The van der Waals surface area contributed by atoms with E-state index in [1.165, 1.54) is 23.5 Å². The molecule has 2 aliphatic carbocycles. The third kappa shape index (κ3) is 5.56. The minimum Gasteiger partial charge on any atom is -0.492 e. The highest BCUT2D eigenvalue weighted by molar-refractivity contribution is 7.86. The molecule has 4 aliphatic rings. The Morgan fingerprint density at radius 1 is 1.02 bits per heavy atom. The van der Waals surface area contributed by atoms with Crippen molar-refractivity contribution in [3.05, 3.63) is 82.0 Å². The SMILES string of the molecule is CCCCOc1cccnc1C1C=c2c(ccc3c4c(ccc23)CC=CC=4)C(C)C1S(=O)(=O)O.O=C1N=CN=C2N=CN=C12. The van der Waals surface area contributed by atoms with Crippen molar-refractivity contribution in [1.82, 2.24) is 4.98 Å². The van der Waals surface area contributed by atoms with Crippen molar-refractivity contribution in [2.24, 2.45) is 20.0 Å². The minimum absolute atomic E-state index is 0.238. The van der Waals surface area contributed by atoms with Crippen molar-refractivity contribution in [3.8, 4) is 5.75 Å². The Bertz CT molecular complexity index is 2040. The molecular formula is C33H31N5O5S. The van der Waals surface area contributed by atoms with Gasteiger partial charge in [0.2, 0.25) is 0 Å². The average Bonchev–Trinajstić information content (AvgIpc) is 3.51. The van der Waals surface area contributed by atoms with Crippen molar-refractivity contribution < 1.29 is 22.5 Å². The molecule has 3 heterocycles. The molecule has 1 amide bonds. The van der Waals surface area contributed by atoms with Gasteiger partial charge in [0, 0.05) is 18.0 Å². The second kappa shape index (κ2) is 12.2. The van der Waals surface area contributed by atoms with Gasteiger partial charge >= 0.3 is 5.91 Å². The molecule has 0 saturated carbocycles. The number of aromatic nitrogens is 1. The van der Waals surface area contributed by atoms with Gasteiger partial charge in [0.05, 0.1) is 12.3 Å². The van der Waals surface area contributed by atoms with Crippen LogP contribution in [-0.4, -0.2) is 59.9 Å². The quantitative estimate of drug-likeness (QED) is 0.334. The van der Waals surface area contributed by atoms with Gasteiger partial charge in [0.25, 0.3) is 10.1 Å². The molecule has 1 aromatic heterocycles. The number of pyridine rings is 1. The van der Waals surface area contributed by atoms with E-state index in [-0.39, 0.29) is 11.6 Å². The Labute approximate surface area is 254 Å². The standard InChI is InChI=1S/C28H29NO4S.C5H2N4O/c1-3-4-16-33-26-10-7-15-29-27(26)25-17-24-20(18(2)28(25)34(30,31)32)13-14-22-21-9-6-5-8-19(21)11-12-23(22)24;10-5-3-4(7-1-6-3)8-2-9-5/h5-7,9-15,17-18,25,28H,3-4,8,16H2,1-2H3,(H,30,31,32);1-2H. The maximum absolute atomic E-state index is 12.7. The summed E-state index contributed by atoms with van der Waals surface area (Å²) in [6.45, 7) is 4.49. The molecule has 11 heteroatoms. The van der Waals surface area contributed by atoms with Gasteiger partial charge in [-0.05, 0) is 57.3 Å². The van der Waals surface area contributed by atoms with Crippen molar-refractivity contribution in [2.75, 3.05) is 6.61 Å². The van der Waals surface area contributed by atoms with Gasteiger partial charge in [-0.2, -0.15) is 13.4 Å². The number of amidine groups is 1. The normalized spacial score (nSPS) is 21.2. The molecule has 0 bridgehead atoms. The van der Waals surface area contributed by atoms with Crippen LogP contribution in [0.1, 0.15) is 55.3 Å². The number of rotatable bonds is 6. The lowest BCUT2D eigenvalue weighted by atomic mass is 9.79. The van der Waals surface area contributed by atoms with Gasteiger partial charge < -0.3 is 4.74 Å². The van der Waals surface area contributed by atoms with E-state index >= 15 is 0 Å². The molecule has 1 N–H and O–H groups in total. The van der Waals surface area contributed by atoms with Gasteiger partial charge in [-0.1, -0.05) is 68.8 Å². The topological polar surface area (TPSA) is 143 Å². The van der Waals surface area contributed by atoms with Crippen LogP contribution in [0.4, 0.5) is 0 Å². The number of carbonyl (C=O) groups excluding carboxylic acids is 1. The summed E-state index contributed by atoms with van der Waals surface area (Å²) in [6, 6.07) is 12.0. The summed E-state index contributed by atoms with van der Waals surface area (Å²) in [5.41, 5.74) is 2.98. The van der Waals surface area contributed by atoms with Gasteiger partial charge in [-0.25, -0.2) is 15.0 Å². The number of fused-ring (bicyclic) bond motifs is 6. The summed E-state index contributed by atoms with van der Waals surface area (Å²) in [5, 5.41) is 3.39. The van der Waals surface area contributed by atoms with Gasteiger partial charge in [-0.3, -0.25) is 14.3 Å². The van der Waals surface area contributed by atoms with Crippen LogP contribution < -0.4 is 15.2 Å². The van der Waals surface area contributed by atoms with Crippen LogP contribution in [0, 0.1) is 0 Å². The number of aliphatic imine (C=N–C) groups is 4. The predicted octanol–water partition coefficient (Wildman–Crippen LogP) is 3.68. The lowest BCUT2D eigenvalue weighted by molar-refractivity contribution is -0.111. The minimum atomic E-state index is -4.37. The summed E-state index contributed by atoms with van der Waals surface area (Å²) in [7, 11) is -4.37. The first-order valence-electron chi connectivity index (χ1n) is 14.5. The molecule has 3 atom stereocenters. The smallest absolute Gasteiger partial charge is 0.301 e. The molecule has 224 valence electrons. The first-order chi connectivity index (χ1) is 21.3. The van der Waals surface area contributed by atoms with Crippen LogP contribution >= 0.6 is 0 Å². The maximum atomic E-state index is 12.7. The van der Waals surface area contributed by atoms with Crippen LogP contribution in [0.3, 0.4) is 0 Å². The molecule has 2 aliphatic heterocycles. The van der Waals surface area contributed by atoms with E-state index in [1.54, 1.807) is 12.3 Å². The second-order valence-electron chi connectivity index (χ2n) is 10.9. The Morgan fingerprint density at radius 3 is 2.61 bits per heavy atom. The zero-order valence-corrected chi connectivity index (χ0v) is 25.1. The highest BCUT2D eigenvalue weighted by atomic mass is 32.2. The fourth-order valence-electron chi connectivity index (χ4n) is 6.08. The lowest BCUT2D eigenvalue weighted by Gasteiger charge is -2.33. The number of allylic oxidation sites excluding steroid dienone is 2. The van der Waals surface area contributed by atoms with Gasteiger partial charge in [-0.15, -0.1) is 0 Å². The Hall–Kier alpha value is -4.61. The fraction of sp³-hybridized carbons (Fsp3) is 0.273. The number of ether oxygens (including phenoxy) is 1. The first kappa shape index (κ1) is 29.5. The molecule has 0 saturated heterocycles. The van der Waals surface area contributed by atoms with E-state index in [9.17, 15) is 17.8 Å². The molecular weight excluding hydrogens is 578 g/mol. The number of hydrogen-bond donors (Lipinski definition) is 1. The Balaban J connectivity index is 0.000000289. The van der Waals surface area contributed by atoms with Crippen LogP contribution in [0.25, 0.3) is 22.9 Å². The van der Waals surface area contributed by atoms with Crippen molar-refractivity contribution in [1.29, 1.82) is 0 Å². The molecule has 0 spiro atoms. The lowest BCUT2D eigenvalue weighted by Crippen LogP contribution is -2.39.